The minimum Gasteiger partial charge on any atom is -0.472 e. The third kappa shape index (κ3) is 3.12. The Hall–Kier alpha value is -1.45. The minimum absolute atomic E-state index is 0.0886. The molecule has 14 heavy (non-hydrogen) atoms. The van der Waals surface area contributed by atoms with E-state index in [1.807, 2.05) is 19.9 Å². The molecule has 1 aromatic rings. The molecular weight excluding hydrogens is 182 g/mol. The molecule has 0 saturated heterocycles. The Bertz CT molecular complexity index is 280. The van der Waals surface area contributed by atoms with Crippen LogP contribution in [0.2, 0.25) is 0 Å². The van der Waals surface area contributed by atoms with Gasteiger partial charge in [0.2, 0.25) is 0 Å². The summed E-state index contributed by atoms with van der Waals surface area (Å²) in [7, 11) is 1.69. The summed E-state index contributed by atoms with van der Waals surface area (Å²) in [6, 6.07) is 1.82. The maximum Gasteiger partial charge on any atom is 0.410 e. The standard InChI is InChI=1S/C10H15NO3/c1-8(2)14-10(12)11(3)6-9-4-5-13-7-9/h4-5,7-8H,6H2,1-3H3. The Morgan fingerprint density at radius 3 is 2.86 bits per heavy atom. The second kappa shape index (κ2) is 4.69. The average molecular weight is 197 g/mol. The highest BCUT2D eigenvalue weighted by Gasteiger charge is 2.12. The first-order valence-corrected chi connectivity index (χ1v) is 4.52. The zero-order chi connectivity index (χ0) is 10.6. The lowest BCUT2D eigenvalue weighted by atomic mass is 10.3. The lowest BCUT2D eigenvalue weighted by molar-refractivity contribution is 0.0822. The number of rotatable bonds is 3. The quantitative estimate of drug-likeness (QED) is 0.746. The summed E-state index contributed by atoms with van der Waals surface area (Å²) in [6.45, 7) is 4.15. The molecule has 4 heteroatoms. The molecule has 1 rings (SSSR count). The summed E-state index contributed by atoms with van der Waals surface area (Å²) in [5.41, 5.74) is 0.952. The van der Waals surface area contributed by atoms with Crippen molar-refractivity contribution in [1.29, 1.82) is 0 Å². The molecule has 0 saturated carbocycles. The number of carbonyl (C=O) groups excluding carboxylic acids is 1. The van der Waals surface area contributed by atoms with Crippen molar-refractivity contribution in [3.63, 3.8) is 0 Å². The first kappa shape index (κ1) is 10.6. The van der Waals surface area contributed by atoms with E-state index in [1.165, 1.54) is 4.90 Å². The number of hydrogen-bond donors (Lipinski definition) is 0. The van der Waals surface area contributed by atoms with E-state index in [4.69, 9.17) is 9.15 Å². The number of hydrogen-bond acceptors (Lipinski definition) is 3. The molecule has 0 spiro atoms. The van der Waals surface area contributed by atoms with Gasteiger partial charge < -0.3 is 14.1 Å². The van der Waals surface area contributed by atoms with Gasteiger partial charge in [-0.3, -0.25) is 0 Å². The largest absolute Gasteiger partial charge is 0.472 e. The van der Waals surface area contributed by atoms with E-state index >= 15 is 0 Å². The Labute approximate surface area is 83.5 Å². The number of carbonyl (C=O) groups is 1. The molecular formula is C10H15NO3. The summed E-state index contributed by atoms with van der Waals surface area (Å²) in [5.74, 6) is 0. The second-order valence-corrected chi connectivity index (χ2v) is 3.42. The van der Waals surface area contributed by atoms with Crippen LogP contribution in [-0.2, 0) is 11.3 Å². The van der Waals surface area contributed by atoms with Crippen molar-refractivity contribution in [1.82, 2.24) is 4.90 Å². The summed E-state index contributed by atoms with van der Waals surface area (Å²) >= 11 is 0. The maximum atomic E-state index is 11.4. The van der Waals surface area contributed by atoms with E-state index in [2.05, 4.69) is 0 Å². The summed E-state index contributed by atoms with van der Waals surface area (Å²) in [4.78, 5) is 12.9. The molecule has 1 amide bonds. The fourth-order valence-electron chi connectivity index (χ4n) is 1.01. The van der Waals surface area contributed by atoms with E-state index < -0.39 is 0 Å². The van der Waals surface area contributed by atoms with E-state index in [0.29, 0.717) is 6.54 Å². The molecule has 0 fully saturated rings. The number of furan rings is 1. The van der Waals surface area contributed by atoms with Crippen molar-refractivity contribution in [2.24, 2.45) is 0 Å². The topological polar surface area (TPSA) is 42.7 Å². The van der Waals surface area contributed by atoms with Gasteiger partial charge in [-0.25, -0.2) is 4.79 Å². The van der Waals surface area contributed by atoms with Gasteiger partial charge in [0.1, 0.15) is 0 Å². The molecule has 0 aliphatic rings. The summed E-state index contributed by atoms with van der Waals surface area (Å²) in [5, 5.41) is 0. The predicted molar refractivity (Wildman–Crippen MR) is 51.8 cm³/mol. The lowest BCUT2D eigenvalue weighted by Crippen LogP contribution is -2.28. The van der Waals surface area contributed by atoms with Crippen molar-refractivity contribution in [3.8, 4) is 0 Å². The molecule has 4 nitrogen and oxygen atoms in total. The fraction of sp³-hybridized carbons (Fsp3) is 0.500. The van der Waals surface area contributed by atoms with Gasteiger partial charge in [-0.1, -0.05) is 0 Å². The Morgan fingerprint density at radius 1 is 1.64 bits per heavy atom. The van der Waals surface area contributed by atoms with Crippen LogP contribution in [-0.4, -0.2) is 24.1 Å². The predicted octanol–water partition coefficient (Wildman–Crippen LogP) is 2.26. The number of nitrogens with zero attached hydrogens (tertiary/aromatic N) is 1. The second-order valence-electron chi connectivity index (χ2n) is 3.42. The van der Waals surface area contributed by atoms with E-state index in [0.717, 1.165) is 5.56 Å². The minimum atomic E-state index is -0.318. The SMILES string of the molecule is CC(C)OC(=O)N(C)Cc1ccoc1. The van der Waals surface area contributed by atoms with Gasteiger partial charge in [-0.15, -0.1) is 0 Å². The first-order valence-electron chi connectivity index (χ1n) is 4.52. The van der Waals surface area contributed by atoms with Crippen LogP contribution in [0.5, 0.6) is 0 Å². The Morgan fingerprint density at radius 2 is 2.36 bits per heavy atom. The van der Waals surface area contributed by atoms with Crippen molar-refractivity contribution < 1.29 is 13.9 Å². The third-order valence-corrected chi connectivity index (χ3v) is 1.65. The van der Waals surface area contributed by atoms with Crippen LogP contribution >= 0.6 is 0 Å². The van der Waals surface area contributed by atoms with Crippen LogP contribution in [0.3, 0.4) is 0 Å². The third-order valence-electron chi connectivity index (χ3n) is 1.65. The molecule has 0 aliphatic heterocycles. The highest BCUT2D eigenvalue weighted by molar-refractivity contribution is 5.67. The van der Waals surface area contributed by atoms with Crippen LogP contribution < -0.4 is 0 Å². The van der Waals surface area contributed by atoms with Crippen molar-refractivity contribution in [3.05, 3.63) is 24.2 Å². The van der Waals surface area contributed by atoms with Crippen LogP contribution in [0.4, 0.5) is 4.79 Å². The van der Waals surface area contributed by atoms with Gasteiger partial charge in [-0.2, -0.15) is 0 Å². The van der Waals surface area contributed by atoms with Crippen molar-refractivity contribution in [2.75, 3.05) is 7.05 Å². The normalized spacial score (nSPS) is 10.3. The molecule has 0 aromatic carbocycles. The molecule has 0 bridgehead atoms. The maximum absolute atomic E-state index is 11.4. The molecule has 0 unspecified atom stereocenters. The summed E-state index contributed by atoms with van der Waals surface area (Å²) < 4.78 is 9.91. The molecule has 0 N–H and O–H groups in total. The zero-order valence-corrected chi connectivity index (χ0v) is 8.69. The lowest BCUT2D eigenvalue weighted by Gasteiger charge is -2.17. The number of ether oxygens (including phenoxy) is 1. The monoisotopic (exact) mass is 197 g/mol. The van der Waals surface area contributed by atoms with Gasteiger partial charge >= 0.3 is 6.09 Å². The highest BCUT2D eigenvalue weighted by Crippen LogP contribution is 2.05. The molecule has 1 heterocycles. The van der Waals surface area contributed by atoms with Crippen LogP contribution in [0.15, 0.2) is 23.0 Å². The molecule has 0 radical (unpaired) electrons. The van der Waals surface area contributed by atoms with Gasteiger partial charge in [0.15, 0.2) is 0 Å². The smallest absolute Gasteiger partial charge is 0.410 e. The van der Waals surface area contributed by atoms with Crippen LogP contribution in [0, 0.1) is 0 Å². The highest BCUT2D eigenvalue weighted by atomic mass is 16.6. The Kier molecular flexibility index (Phi) is 3.56. The van der Waals surface area contributed by atoms with Crippen LogP contribution in [0.25, 0.3) is 0 Å². The van der Waals surface area contributed by atoms with Gasteiger partial charge in [-0.05, 0) is 19.9 Å². The van der Waals surface area contributed by atoms with Gasteiger partial charge in [0, 0.05) is 12.6 Å². The average Bonchev–Trinajstić information content (AvgIpc) is 2.55. The molecule has 0 aliphatic carbocycles. The van der Waals surface area contributed by atoms with Crippen LogP contribution in [0.1, 0.15) is 19.4 Å². The zero-order valence-electron chi connectivity index (χ0n) is 8.69. The van der Waals surface area contributed by atoms with Crippen molar-refractivity contribution in [2.45, 2.75) is 26.5 Å². The fourth-order valence-corrected chi connectivity index (χ4v) is 1.01. The van der Waals surface area contributed by atoms with Gasteiger partial charge in [0.05, 0.1) is 25.2 Å². The molecule has 0 atom stereocenters. The molecule has 1 aromatic heterocycles. The first-order chi connectivity index (χ1) is 6.59. The van der Waals surface area contributed by atoms with E-state index in [9.17, 15) is 4.79 Å². The summed E-state index contributed by atoms with van der Waals surface area (Å²) in [6.07, 6.45) is 2.78. The Balaban J connectivity index is 2.42. The van der Waals surface area contributed by atoms with E-state index in [1.54, 1.807) is 19.6 Å². The number of amides is 1. The van der Waals surface area contributed by atoms with Crippen molar-refractivity contribution >= 4 is 6.09 Å². The van der Waals surface area contributed by atoms with Gasteiger partial charge in [0.25, 0.3) is 0 Å². The van der Waals surface area contributed by atoms with E-state index in [-0.39, 0.29) is 12.2 Å². The molecule has 78 valence electrons.